The number of nitrogens with one attached hydrogen (secondary N) is 1. The Morgan fingerprint density at radius 3 is 2.38 bits per heavy atom. The molecule has 0 aliphatic carbocycles. The lowest BCUT2D eigenvalue weighted by Gasteiger charge is -2.13. The number of pyridine rings is 1. The van der Waals surface area contributed by atoms with Crippen molar-refractivity contribution in [3.8, 4) is 0 Å². The zero-order valence-corrected chi connectivity index (χ0v) is 8.46. The van der Waals surface area contributed by atoms with Crippen LogP contribution in [0.5, 0.6) is 0 Å². The Bertz CT molecular complexity index is 217. The van der Waals surface area contributed by atoms with Gasteiger partial charge >= 0.3 is 0 Å². The van der Waals surface area contributed by atoms with E-state index in [2.05, 4.69) is 24.1 Å². The summed E-state index contributed by atoms with van der Waals surface area (Å²) in [4.78, 5) is 3.97. The van der Waals surface area contributed by atoms with Gasteiger partial charge in [-0.25, -0.2) is 0 Å². The molecule has 2 nitrogen and oxygen atoms in total. The standard InChI is InChI=1S/C11H18N2/c1-3-10(4-2)9-13-11-5-7-12-8-6-11/h5-8,10H,3-4,9H2,1-2H3,(H,12,13). The second-order valence-electron chi connectivity index (χ2n) is 3.30. The highest BCUT2D eigenvalue weighted by Gasteiger charge is 2.01. The van der Waals surface area contributed by atoms with Gasteiger partial charge in [-0.3, -0.25) is 4.98 Å². The summed E-state index contributed by atoms with van der Waals surface area (Å²) in [5.74, 6) is 0.785. The normalized spacial score (nSPS) is 10.4. The summed E-state index contributed by atoms with van der Waals surface area (Å²) in [6, 6.07) is 4.00. The summed E-state index contributed by atoms with van der Waals surface area (Å²) in [6.07, 6.45) is 6.12. The van der Waals surface area contributed by atoms with E-state index in [0.717, 1.165) is 12.5 Å². The van der Waals surface area contributed by atoms with Crippen LogP contribution in [-0.4, -0.2) is 11.5 Å². The van der Waals surface area contributed by atoms with Gasteiger partial charge in [0, 0.05) is 24.6 Å². The first-order valence-electron chi connectivity index (χ1n) is 5.00. The Balaban J connectivity index is 2.34. The van der Waals surface area contributed by atoms with Crippen molar-refractivity contribution in [1.29, 1.82) is 0 Å². The van der Waals surface area contributed by atoms with Crippen LogP contribution >= 0.6 is 0 Å². The van der Waals surface area contributed by atoms with E-state index in [-0.39, 0.29) is 0 Å². The second kappa shape index (κ2) is 5.57. The first kappa shape index (κ1) is 10.0. The molecule has 1 rings (SSSR count). The summed E-state index contributed by atoms with van der Waals surface area (Å²) in [5.41, 5.74) is 1.17. The minimum atomic E-state index is 0.785. The van der Waals surface area contributed by atoms with Crippen molar-refractivity contribution in [3.05, 3.63) is 24.5 Å². The molecule has 1 aromatic heterocycles. The molecule has 1 heterocycles. The van der Waals surface area contributed by atoms with Crippen LogP contribution in [0, 0.1) is 5.92 Å². The first-order chi connectivity index (χ1) is 6.36. The lowest BCUT2D eigenvalue weighted by molar-refractivity contribution is 0.519. The fourth-order valence-corrected chi connectivity index (χ4v) is 1.31. The average Bonchev–Trinajstić information content (AvgIpc) is 2.21. The predicted molar refractivity (Wildman–Crippen MR) is 56.8 cm³/mol. The summed E-state index contributed by atoms with van der Waals surface area (Å²) in [7, 11) is 0. The third kappa shape index (κ3) is 3.45. The van der Waals surface area contributed by atoms with Gasteiger partial charge in [-0.1, -0.05) is 26.7 Å². The third-order valence-corrected chi connectivity index (χ3v) is 2.43. The van der Waals surface area contributed by atoms with Gasteiger partial charge in [0.25, 0.3) is 0 Å². The minimum Gasteiger partial charge on any atom is -0.385 e. The van der Waals surface area contributed by atoms with Gasteiger partial charge in [-0.05, 0) is 18.1 Å². The molecule has 2 heteroatoms. The van der Waals surface area contributed by atoms with E-state index in [4.69, 9.17) is 0 Å². The van der Waals surface area contributed by atoms with Crippen LogP contribution in [0.25, 0.3) is 0 Å². The van der Waals surface area contributed by atoms with Crippen LogP contribution in [0.1, 0.15) is 26.7 Å². The number of hydrogen-bond donors (Lipinski definition) is 1. The Morgan fingerprint density at radius 2 is 1.85 bits per heavy atom. The summed E-state index contributed by atoms with van der Waals surface area (Å²) < 4.78 is 0. The molecule has 13 heavy (non-hydrogen) atoms. The molecule has 0 bridgehead atoms. The molecule has 0 spiro atoms. The largest absolute Gasteiger partial charge is 0.385 e. The predicted octanol–water partition coefficient (Wildman–Crippen LogP) is 2.93. The van der Waals surface area contributed by atoms with E-state index >= 15 is 0 Å². The molecule has 0 fully saturated rings. The van der Waals surface area contributed by atoms with Gasteiger partial charge < -0.3 is 5.32 Å². The molecule has 0 atom stereocenters. The maximum absolute atomic E-state index is 3.97. The average molecular weight is 178 g/mol. The first-order valence-corrected chi connectivity index (χ1v) is 5.00. The van der Waals surface area contributed by atoms with E-state index in [9.17, 15) is 0 Å². The second-order valence-corrected chi connectivity index (χ2v) is 3.30. The SMILES string of the molecule is CCC(CC)CNc1ccncc1. The van der Waals surface area contributed by atoms with Crippen LogP contribution in [-0.2, 0) is 0 Å². The smallest absolute Gasteiger partial charge is 0.0371 e. The number of anilines is 1. The van der Waals surface area contributed by atoms with E-state index in [1.165, 1.54) is 18.5 Å². The topological polar surface area (TPSA) is 24.9 Å². The van der Waals surface area contributed by atoms with E-state index < -0.39 is 0 Å². The summed E-state index contributed by atoms with van der Waals surface area (Å²) in [5, 5.41) is 3.41. The van der Waals surface area contributed by atoms with Gasteiger partial charge in [0.05, 0.1) is 0 Å². The maximum Gasteiger partial charge on any atom is 0.0371 e. The van der Waals surface area contributed by atoms with E-state index in [1.54, 1.807) is 0 Å². The Kier molecular flexibility index (Phi) is 4.30. The van der Waals surface area contributed by atoms with Crippen LogP contribution < -0.4 is 5.32 Å². The zero-order chi connectivity index (χ0) is 9.52. The highest BCUT2D eigenvalue weighted by Crippen LogP contribution is 2.10. The molecule has 0 saturated carbocycles. The van der Waals surface area contributed by atoms with Crippen LogP contribution in [0.15, 0.2) is 24.5 Å². The van der Waals surface area contributed by atoms with Crippen LogP contribution in [0.4, 0.5) is 5.69 Å². The fourth-order valence-electron chi connectivity index (χ4n) is 1.31. The van der Waals surface area contributed by atoms with Crippen molar-refractivity contribution in [2.24, 2.45) is 5.92 Å². The van der Waals surface area contributed by atoms with Crippen molar-refractivity contribution in [2.45, 2.75) is 26.7 Å². The van der Waals surface area contributed by atoms with Gasteiger partial charge in [0.1, 0.15) is 0 Å². The summed E-state index contributed by atoms with van der Waals surface area (Å²) in [6.45, 7) is 5.54. The molecule has 0 aromatic carbocycles. The fraction of sp³-hybridized carbons (Fsp3) is 0.545. The molecular formula is C11H18N2. The van der Waals surface area contributed by atoms with Gasteiger partial charge in [-0.2, -0.15) is 0 Å². The molecule has 1 aromatic rings. The van der Waals surface area contributed by atoms with Crippen molar-refractivity contribution in [1.82, 2.24) is 4.98 Å². The van der Waals surface area contributed by atoms with Gasteiger partial charge in [-0.15, -0.1) is 0 Å². The molecule has 0 saturated heterocycles. The maximum atomic E-state index is 3.97. The number of hydrogen-bond acceptors (Lipinski definition) is 2. The number of nitrogens with zero attached hydrogens (tertiary/aromatic N) is 1. The molecule has 1 N–H and O–H groups in total. The lowest BCUT2D eigenvalue weighted by Crippen LogP contribution is -2.12. The van der Waals surface area contributed by atoms with Crippen molar-refractivity contribution < 1.29 is 0 Å². The van der Waals surface area contributed by atoms with Gasteiger partial charge in [0.2, 0.25) is 0 Å². The molecule has 72 valence electrons. The molecule has 0 aliphatic rings. The molecular weight excluding hydrogens is 160 g/mol. The molecule has 0 unspecified atom stereocenters. The minimum absolute atomic E-state index is 0.785. The van der Waals surface area contributed by atoms with E-state index in [1.807, 2.05) is 24.5 Å². The van der Waals surface area contributed by atoms with Crippen LogP contribution in [0.3, 0.4) is 0 Å². The number of aromatic nitrogens is 1. The monoisotopic (exact) mass is 178 g/mol. The van der Waals surface area contributed by atoms with Crippen LogP contribution in [0.2, 0.25) is 0 Å². The van der Waals surface area contributed by atoms with Crippen molar-refractivity contribution in [3.63, 3.8) is 0 Å². The summed E-state index contributed by atoms with van der Waals surface area (Å²) >= 11 is 0. The van der Waals surface area contributed by atoms with Gasteiger partial charge in [0.15, 0.2) is 0 Å². The molecule has 0 aliphatic heterocycles. The molecule has 0 radical (unpaired) electrons. The Labute approximate surface area is 80.4 Å². The lowest BCUT2D eigenvalue weighted by atomic mass is 10.0. The third-order valence-electron chi connectivity index (χ3n) is 2.43. The highest BCUT2D eigenvalue weighted by molar-refractivity contribution is 5.40. The van der Waals surface area contributed by atoms with Crippen molar-refractivity contribution >= 4 is 5.69 Å². The molecule has 0 amide bonds. The van der Waals surface area contributed by atoms with E-state index in [0.29, 0.717) is 0 Å². The van der Waals surface area contributed by atoms with Crippen molar-refractivity contribution in [2.75, 3.05) is 11.9 Å². The number of rotatable bonds is 5. The Morgan fingerprint density at radius 1 is 1.23 bits per heavy atom. The Hall–Kier alpha value is -1.05. The highest BCUT2D eigenvalue weighted by atomic mass is 14.9. The zero-order valence-electron chi connectivity index (χ0n) is 8.46. The quantitative estimate of drug-likeness (QED) is 0.749.